The van der Waals surface area contributed by atoms with E-state index in [9.17, 15) is 22.8 Å². The molecule has 10 heteroatoms. The Morgan fingerprint density at radius 1 is 0.875 bits per heavy atom. The zero-order valence-corrected chi connectivity index (χ0v) is 18.9. The number of carbonyl (C=O) groups is 2. The molecule has 2 heterocycles. The number of nitrogens with zero attached hydrogens (tertiary/aromatic N) is 3. The molecule has 0 aliphatic carbocycles. The van der Waals surface area contributed by atoms with Gasteiger partial charge in [-0.05, 0) is 31.0 Å². The number of alkyl halides is 3. The molecule has 178 valence electrons. The Morgan fingerprint density at radius 3 is 2.03 bits per heavy atom. The summed E-state index contributed by atoms with van der Waals surface area (Å²) in [5, 5.41) is 2.11. The molecular formula is C22H30ClF3N4O2. The number of halogens is 4. The minimum absolute atomic E-state index is 0.0595. The third-order valence-corrected chi connectivity index (χ3v) is 6.28. The Labute approximate surface area is 191 Å². The summed E-state index contributed by atoms with van der Waals surface area (Å²) < 4.78 is 39.0. The van der Waals surface area contributed by atoms with E-state index in [1.807, 2.05) is 9.80 Å². The molecule has 0 unspecified atom stereocenters. The van der Waals surface area contributed by atoms with Crippen molar-refractivity contribution >= 4 is 29.1 Å². The summed E-state index contributed by atoms with van der Waals surface area (Å²) in [6, 6.07) is 3.32. The third kappa shape index (κ3) is 7.35. The second kappa shape index (κ2) is 11.3. The van der Waals surface area contributed by atoms with Crippen molar-refractivity contribution in [3.8, 4) is 0 Å². The molecule has 0 atom stereocenters. The zero-order chi connectivity index (χ0) is 23.1. The van der Waals surface area contributed by atoms with Gasteiger partial charge in [-0.15, -0.1) is 0 Å². The van der Waals surface area contributed by atoms with E-state index in [1.165, 1.54) is 25.3 Å². The average molecular weight is 475 g/mol. The van der Waals surface area contributed by atoms with E-state index in [0.717, 1.165) is 38.1 Å². The van der Waals surface area contributed by atoms with Crippen molar-refractivity contribution < 1.29 is 22.8 Å². The first-order valence-corrected chi connectivity index (χ1v) is 11.5. The lowest BCUT2D eigenvalue weighted by Gasteiger charge is -2.35. The molecule has 1 aromatic carbocycles. The van der Waals surface area contributed by atoms with Crippen molar-refractivity contribution in [2.45, 2.75) is 38.3 Å². The number of hydrogen-bond acceptors (Lipinski definition) is 4. The van der Waals surface area contributed by atoms with Gasteiger partial charge in [-0.3, -0.25) is 19.4 Å². The van der Waals surface area contributed by atoms with Gasteiger partial charge in [0, 0.05) is 45.0 Å². The highest BCUT2D eigenvalue weighted by atomic mass is 35.5. The average Bonchev–Trinajstić information content (AvgIpc) is 2.69. The second-order valence-corrected chi connectivity index (χ2v) is 8.85. The lowest BCUT2D eigenvalue weighted by molar-refractivity contribution is -0.137. The van der Waals surface area contributed by atoms with E-state index in [4.69, 9.17) is 11.6 Å². The first-order chi connectivity index (χ1) is 15.2. The summed E-state index contributed by atoms with van der Waals surface area (Å²) in [6.07, 6.45) is 1.15. The molecule has 2 aliphatic heterocycles. The van der Waals surface area contributed by atoms with Gasteiger partial charge in [-0.2, -0.15) is 13.2 Å². The molecule has 0 radical (unpaired) electrons. The maximum absolute atomic E-state index is 13.0. The lowest BCUT2D eigenvalue weighted by Crippen LogP contribution is -2.51. The number of nitrogens with one attached hydrogen (secondary N) is 1. The number of rotatable bonds is 5. The van der Waals surface area contributed by atoms with Gasteiger partial charge in [0.25, 0.3) is 0 Å². The Bertz CT molecular complexity index is 790. The molecule has 6 nitrogen and oxygen atoms in total. The fourth-order valence-corrected chi connectivity index (χ4v) is 4.34. The van der Waals surface area contributed by atoms with Crippen LogP contribution >= 0.6 is 11.6 Å². The normalized spacial score (nSPS) is 19.3. The molecule has 2 aliphatic rings. The van der Waals surface area contributed by atoms with Crippen LogP contribution < -0.4 is 5.32 Å². The number of anilines is 1. The molecule has 0 saturated carbocycles. The molecule has 1 N–H and O–H groups in total. The maximum atomic E-state index is 13.0. The van der Waals surface area contributed by atoms with Gasteiger partial charge in [0.15, 0.2) is 0 Å². The molecule has 0 aromatic heterocycles. The smallest absolute Gasteiger partial charge is 0.342 e. The van der Waals surface area contributed by atoms with E-state index in [2.05, 4.69) is 10.2 Å². The Morgan fingerprint density at radius 2 is 1.44 bits per heavy atom. The van der Waals surface area contributed by atoms with Crippen LogP contribution in [-0.4, -0.2) is 78.9 Å². The molecule has 1 aromatic rings. The summed E-state index contributed by atoms with van der Waals surface area (Å²) in [4.78, 5) is 31.0. The second-order valence-electron chi connectivity index (χ2n) is 8.44. The van der Waals surface area contributed by atoms with Gasteiger partial charge in [-0.25, -0.2) is 0 Å². The quantitative estimate of drug-likeness (QED) is 0.707. The first kappa shape index (κ1) is 24.8. The van der Waals surface area contributed by atoms with Crippen molar-refractivity contribution in [2.75, 3.05) is 57.7 Å². The highest BCUT2D eigenvalue weighted by Crippen LogP contribution is 2.36. The van der Waals surface area contributed by atoms with Gasteiger partial charge in [0.1, 0.15) is 0 Å². The molecule has 32 heavy (non-hydrogen) atoms. The van der Waals surface area contributed by atoms with Crippen LogP contribution in [0.2, 0.25) is 5.02 Å². The van der Waals surface area contributed by atoms with Gasteiger partial charge in [0.2, 0.25) is 11.8 Å². The number of piperazine rings is 1. The SMILES string of the molecule is O=C(CN1CCN(CC(=O)N2CCCCCCC2)CC1)Nc1ccc(Cl)c(C(F)(F)F)c1. The largest absolute Gasteiger partial charge is 0.417 e. The van der Waals surface area contributed by atoms with Crippen LogP contribution in [0.5, 0.6) is 0 Å². The van der Waals surface area contributed by atoms with Crippen LogP contribution in [0.15, 0.2) is 18.2 Å². The number of amides is 2. The molecule has 0 bridgehead atoms. The molecule has 3 rings (SSSR count). The van der Waals surface area contributed by atoms with Crippen LogP contribution in [0.3, 0.4) is 0 Å². The zero-order valence-electron chi connectivity index (χ0n) is 18.1. The van der Waals surface area contributed by atoms with Gasteiger partial charge >= 0.3 is 6.18 Å². The fourth-order valence-electron chi connectivity index (χ4n) is 4.12. The predicted molar refractivity (Wildman–Crippen MR) is 118 cm³/mol. The number of hydrogen-bond donors (Lipinski definition) is 1. The standard InChI is InChI=1S/C22H30ClF3N4O2/c23-19-7-6-17(14-18(19)22(24,25)26)27-20(31)15-28-10-12-29(13-11-28)16-21(32)30-8-4-2-1-3-5-9-30/h6-7,14H,1-5,8-13,15-16H2,(H,27,31). The van der Waals surface area contributed by atoms with E-state index in [0.29, 0.717) is 32.7 Å². The molecule has 2 saturated heterocycles. The van der Waals surface area contributed by atoms with E-state index in [1.54, 1.807) is 0 Å². The third-order valence-electron chi connectivity index (χ3n) is 5.96. The summed E-state index contributed by atoms with van der Waals surface area (Å²) in [5.74, 6) is -0.216. The molecule has 2 amide bonds. The first-order valence-electron chi connectivity index (χ1n) is 11.1. The van der Waals surface area contributed by atoms with Crippen molar-refractivity contribution in [1.29, 1.82) is 0 Å². The van der Waals surface area contributed by atoms with Gasteiger partial charge in [0.05, 0.1) is 23.7 Å². The Hall–Kier alpha value is -1.84. The van der Waals surface area contributed by atoms with Crippen molar-refractivity contribution in [2.24, 2.45) is 0 Å². The summed E-state index contributed by atoms with van der Waals surface area (Å²) >= 11 is 5.61. The van der Waals surface area contributed by atoms with Crippen molar-refractivity contribution in [1.82, 2.24) is 14.7 Å². The van der Waals surface area contributed by atoms with Crippen LogP contribution in [0, 0.1) is 0 Å². The molecular weight excluding hydrogens is 445 g/mol. The maximum Gasteiger partial charge on any atom is 0.417 e. The molecule has 0 spiro atoms. The minimum atomic E-state index is -4.59. The monoisotopic (exact) mass is 474 g/mol. The highest BCUT2D eigenvalue weighted by molar-refractivity contribution is 6.31. The van der Waals surface area contributed by atoms with Crippen LogP contribution in [0.25, 0.3) is 0 Å². The van der Waals surface area contributed by atoms with E-state index >= 15 is 0 Å². The topological polar surface area (TPSA) is 55.9 Å². The summed E-state index contributed by atoms with van der Waals surface area (Å²) in [5.41, 5.74) is -0.917. The lowest BCUT2D eigenvalue weighted by atomic mass is 10.1. The predicted octanol–water partition coefficient (Wildman–Crippen LogP) is 3.71. The van der Waals surface area contributed by atoms with Gasteiger partial charge < -0.3 is 10.2 Å². The van der Waals surface area contributed by atoms with Crippen LogP contribution in [0.4, 0.5) is 18.9 Å². The van der Waals surface area contributed by atoms with Crippen LogP contribution in [-0.2, 0) is 15.8 Å². The van der Waals surface area contributed by atoms with Gasteiger partial charge in [-0.1, -0.05) is 30.9 Å². The fraction of sp³-hybridized carbons (Fsp3) is 0.636. The summed E-state index contributed by atoms with van der Waals surface area (Å²) in [6.45, 7) is 4.73. The number of benzene rings is 1. The Kier molecular flexibility index (Phi) is 8.79. The van der Waals surface area contributed by atoms with Crippen molar-refractivity contribution in [3.05, 3.63) is 28.8 Å². The summed E-state index contributed by atoms with van der Waals surface area (Å²) in [7, 11) is 0. The van der Waals surface area contributed by atoms with Crippen molar-refractivity contribution in [3.63, 3.8) is 0 Å². The number of carbonyl (C=O) groups excluding carboxylic acids is 2. The molecule has 2 fully saturated rings. The highest BCUT2D eigenvalue weighted by Gasteiger charge is 2.33. The van der Waals surface area contributed by atoms with Crippen LogP contribution in [0.1, 0.15) is 37.7 Å². The number of likely N-dealkylation sites (tertiary alicyclic amines) is 1. The van der Waals surface area contributed by atoms with E-state index < -0.39 is 16.8 Å². The minimum Gasteiger partial charge on any atom is -0.342 e. The van der Waals surface area contributed by atoms with E-state index in [-0.39, 0.29) is 24.0 Å². The Balaban J connectivity index is 1.43.